The molecule has 0 atom stereocenters. The Bertz CT molecular complexity index is 1030. The molecule has 0 spiro atoms. The molecule has 1 N–H and O–H groups in total. The number of benzene rings is 3. The molecule has 0 radical (unpaired) electrons. The van der Waals surface area contributed by atoms with E-state index >= 15 is 0 Å². The summed E-state index contributed by atoms with van der Waals surface area (Å²) in [5.41, 5.74) is 1.87. The van der Waals surface area contributed by atoms with Gasteiger partial charge in [-0.15, -0.1) is 0 Å². The molecule has 3 aromatic carbocycles. The minimum Gasteiger partial charge on any atom is -0.284 e. The molecule has 1 amide bonds. The summed E-state index contributed by atoms with van der Waals surface area (Å²) in [7, 11) is -3.40. The molecule has 0 aliphatic rings. The number of carbonyl (C=O) groups excluding carboxylic acids is 1. The highest BCUT2D eigenvalue weighted by atomic mass is 32.2. The van der Waals surface area contributed by atoms with Gasteiger partial charge in [0.2, 0.25) is 10.0 Å². The van der Waals surface area contributed by atoms with Crippen LogP contribution < -0.4 is 9.62 Å². The standard InChI is InChI=1S/C20H17FN2O3S/c1-27(25,26)22-17-9-13-19(14-10-17)23(18-11-7-16(21)8-12-18)20(24)15-5-3-2-4-6-15/h2-14,22H,1H3. The smallest absolute Gasteiger partial charge is 0.262 e. The predicted octanol–water partition coefficient (Wildman–Crippen LogP) is 4.18. The van der Waals surface area contributed by atoms with Crippen LogP contribution >= 0.6 is 0 Å². The normalized spacial score (nSPS) is 11.0. The average molecular weight is 384 g/mol. The molecule has 0 bridgehead atoms. The highest BCUT2D eigenvalue weighted by Crippen LogP contribution is 2.29. The van der Waals surface area contributed by atoms with Crippen LogP contribution in [0, 0.1) is 5.82 Å². The Balaban J connectivity index is 2.02. The number of carbonyl (C=O) groups is 1. The van der Waals surface area contributed by atoms with Gasteiger partial charge < -0.3 is 0 Å². The summed E-state index contributed by atoms with van der Waals surface area (Å²) in [4.78, 5) is 14.5. The molecular weight excluding hydrogens is 367 g/mol. The first kappa shape index (κ1) is 18.6. The van der Waals surface area contributed by atoms with Crippen molar-refractivity contribution in [3.05, 3.63) is 90.2 Å². The lowest BCUT2D eigenvalue weighted by molar-refractivity contribution is 0.0999. The Morgan fingerprint density at radius 1 is 0.852 bits per heavy atom. The number of nitrogens with zero attached hydrogens (tertiary/aromatic N) is 1. The third-order valence-electron chi connectivity index (χ3n) is 3.74. The Morgan fingerprint density at radius 2 is 1.37 bits per heavy atom. The van der Waals surface area contributed by atoms with E-state index in [9.17, 15) is 17.6 Å². The molecule has 3 aromatic rings. The number of hydrogen-bond acceptors (Lipinski definition) is 3. The van der Waals surface area contributed by atoms with Gasteiger partial charge in [0.05, 0.1) is 6.26 Å². The summed E-state index contributed by atoms with van der Waals surface area (Å²) in [6, 6.07) is 20.7. The fourth-order valence-electron chi connectivity index (χ4n) is 2.58. The SMILES string of the molecule is CS(=O)(=O)Nc1ccc(N(C(=O)c2ccccc2)c2ccc(F)cc2)cc1. The van der Waals surface area contributed by atoms with Crippen molar-refractivity contribution in [1.29, 1.82) is 0 Å². The van der Waals surface area contributed by atoms with E-state index in [4.69, 9.17) is 0 Å². The van der Waals surface area contributed by atoms with Crippen molar-refractivity contribution in [1.82, 2.24) is 0 Å². The lowest BCUT2D eigenvalue weighted by Crippen LogP contribution is -2.26. The molecule has 0 heterocycles. The monoisotopic (exact) mass is 384 g/mol. The highest BCUT2D eigenvalue weighted by molar-refractivity contribution is 7.92. The Kier molecular flexibility index (Phi) is 5.23. The maximum absolute atomic E-state index is 13.3. The van der Waals surface area contributed by atoms with Crippen LogP contribution in [0.4, 0.5) is 21.5 Å². The summed E-state index contributed by atoms with van der Waals surface area (Å²) in [5.74, 6) is -0.690. The van der Waals surface area contributed by atoms with E-state index in [1.54, 1.807) is 48.5 Å². The molecule has 0 aliphatic carbocycles. The molecular formula is C20H17FN2O3S. The van der Waals surface area contributed by atoms with Gasteiger partial charge in [-0.1, -0.05) is 18.2 Å². The first-order valence-corrected chi connectivity index (χ1v) is 9.95. The van der Waals surface area contributed by atoms with Crippen molar-refractivity contribution in [2.45, 2.75) is 0 Å². The largest absolute Gasteiger partial charge is 0.284 e. The molecule has 3 rings (SSSR count). The fraction of sp³-hybridized carbons (Fsp3) is 0.0500. The Labute approximate surface area is 157 Å². The van der Waals surface area contributed by atoms with E-state index < -0.39 is 15.8 Å². The molecule has 0 saturated heterocycles. The molecule has 0 unspecified atom stereocenters. The summed E-state index contributed by atoms with van der Waals surface area (Å²) < 4.78 is 38.4. The summed E-state index contributed by atoms with van der Waals surface area (Å²) in [5, 5.41) is 0. The second-order valence-electron chi connectivity index (χ2n) is 5.90. The number of rotatable bonds is 5. The zero-order chi connectivity index (χ0) is 19.4. The zero-order valence-corrected chi connectivity index (χ0v) is 15.3. The van der Waals surface area contributed by atoms with Crippen LogP contribution in [0.3, 0.4) is 0 Å². The second kappa shape index (κ2) is 7.59. The predicted molar refractivity (Wildman–Crippen MR) is 104 cm³/mol. The van der Waals surface area contributed by atoms with Crippen LogP contribution in [0.5, 0.6) is 0 Å². The van der Waals surface area contributed by atoms with E-state index in [0.717, 1.165) is 6.26 Å². The molecule has 0 saturated carbocycles. The van der Waals surface area contributed by atoms with Crippen LogP contribution in [0.25, 0.3) is 0 Å². The van der Waals surface area contributed by atoms with Gasteiger partial charge in [-0.3, -0.25) is 14.4 Å². The molecule has 27 heavy (non-hydrogen) atoms. The highest BCUT2D eigenvalue weighted by Gasteiger charge is 2.20. The average Bonchev–Trinajstić information content (AvgIpc) is 2.64. The first-order chi connectivity index (χ1) is 12.8. The number of hydrogen-bond donors (Lipinski definition) is 1. The number of anilines is 3. The molecule has 0 aromatic heterocycles. The maximum atomic E-state index is 13.3. The minimum atomic E-state index is -3.40. The van der Waals surface area contributed by atoms with Gasteiger partial charge in [-0.05, 0) is 60.7 Å². The zero-order valence-electron chi connectivity index (χ0n) is 14.5. The number of halogens is 1. The molecule has 7 heteroatoms. The van der Waals surface area contributed by atoms with Gasteiger partial charge in [0, 0.05) is 22.6 Å². The first-order valence-electron chi connectivity index (χ1n) is 8.06. The van der Waals surface area contributed by atoms with Crippen molar-refractivity contribution in [3.8, 4) is 0 Å². The Morgan fingerprint density at radius 3 is 1.89 bits per heavy atom. The van der Waals surface area contributed by atoms with E-state index in [2.05, 4.69) is 4.72 Å². The summed E-state index contributed by atoms with van der Waals surface area (Å²) >= 11 is 0. The van der Waals surface area contributed by atoms with E-state index in [1.165, 1.54) is 29.2 Å². The molecule has 0 aliphatic heterocycles. The van der Waals surface area contributed by atoms with Gasteiger partial charge in [0.1, 0.15) is 5.82 Å². The third-order valence-corrected chi connectivity index (χ3v) is 4.34. The van der Waals surface area contributed by atoms with Crippen LogP contribution in [0.1, 0.15) is 10.4 Å². The van der Waals surface area contributed by atoms with Crippen molar-refractivity contribution < 1.29 is 17.6 Å². The van der Waals surface area contributed by atoms with E-state index in [0.29, 0.717) is 22.6 Å². The molecule has 138 valence electrons. The summed E-state index contributed by atoms with van der Waals surface area (Å²) in [6.07, 6.45) is 1.06. The lowest BCUT2D eigenvalue weighted by Gasteiger charge is -2.23. The van der Waals surface area contributed by atoms with Crippen LogP contribution in [-0.2, 0) is 10.0 Å². The summed E-state index contributed by atoms with van der Waals surface area (Å²) in [6.45, 7) is 0. The van der Waals surface area contributed by atoms with Crippen LogP contribution in [0.15, 0.2) is 78.9 Å². The second-order valence-corrected chi connectivity index (χ2v) is 7.65. The molecule has 5 nitrogen and oxygen atoms in total. The van der Waals surface area contributed by atoms with E-state index in [-0.39, 0.29) is 5.91 Å². The number of nitrogens with one attached hydrogen (secondary N) is 1. The van der Waals surface area contributed by atoms with Crippen LogP contribution in [0.2, 0.25) is 0 Å². The van der Waals surface area contributed by atoms with Crippen molar-refractivity contribution in [3.63, 3.8) is 0 Å². The van der Waals surface area contributed by atoms with Crippen molar-refractivity contribution in [2.75, 3.05) is 15.9 Å². The van der Waals surface area contributed by atoms with Gasteiger partial charge in [0.25, 0.3) is 5.91 Å². The fourth-order valence-corrected chi connectivity index (χ4v) is 3.14. The van der Waals surface area contributed by atoms with Crippen LogP contribution in [-0.4, -0.2) is 20.6 Å². The molecule has 0 fully saturated rings. The van der Waals surface area contributed by atoms with Gasteiger partial charge >= 0.3 is 0 Å². The quantitative estimate of drug-likeness (QED) is 0.718. The maximum Gasteiger partial charge on any atom is 0.262 e. The lowest BCUT2D eigenvalue weighted by atomic mass is 10.1. The third kappa shape index (κ3) is 4.71. The van der Waals surface area contributed by atoms with Gasteiger partial charge in [-0.2, -0.15) is 0 Å². The topological polar surface area (TPSA) is 66.5 Å². The van der Waals surface area contributed by atoms with Crippen molar-refractivity contribution in [2.24, 2.45) is 0 Å². The minimum absolute atomic E-state index is 0.286. The van der Waals surface area contributed by atoms with Gasteiger partial charge in [0.15, 0.2) is 0 Å². The number of amides is 1. The Hall–Kier alpha value is -3.19. The van der Waals surface area contributed by atoms with Gasteiger partial charge in [-0.25, -0.2) is 12.8 Å². The van der Waals surface area contributed by atoms with Crippen molar-refractivity contribution >= 4 is 33.0 Å². The number of sulfonamides is 1. The van der Waals surface area contributed by atoms with E-state index in [1.807, 2.05) is 6.07 Å².